The van der Waals surface area contributed by atoms with Crippen molar-refractivity contribution in [2.24, 2.45) is 0 Å². The molecule has 0 aromatic carbocycles. The van der Waals surface area contributed by atoms with Gasteiger partial charge < -0.3 is 14.2 Å². The maximum atomic E-state index is 12.8. The summed E-state index contributed by atoms with van der Waals surface area (Å²) in [7, 11) is 0. The number of esters is 3. The van der Waals surface area contributed by atoms with Crippen LogP contribution in [-0.2, 0) is 28.6 Å². The summed E-state index contributed by atoms with van der Waals surface area (Å²) in [6, 6.07) is 0. The zero-order valence-corrected chi connectivity index (χ0v) is 49.6. The van der Waals surface area contributed by atoms with Crippen molar-refractivity contribution >= 4 is 17.9 Å². The molecule has 0 rings (SSSR count). The second-order valence-corrected chi connectivity index (χ2v) is 21.3. The van der Waals surface area contributed by atoms with Crippen LogP contribution >= 0.6 is 0 Å². The molecule has 0 N–H and O–H groups in total. The van der Waals surface area contributed by atoms with E-state index in [0.29, 0.717) is 19.3 Å². The Kier molecular flexibility index (Phi) is 60.3. The summed E-state index contributed by atoms with van der Waals surface area (Å²) in [6.45, 7) is 6.53. The van der Waals surface area contributed by atoms with Gasteiger partial charge in [-0.2, -0.15) is 0 Å². The van der Waals surface area contributed by atoms with Gasteiger partial charge in [-0.15, -0.1) is 0 Å². The third kappa shape index (κ3) is 61.3. The minimum absolute atomic E-state index is 0.0716. The molecular weight excluding hydrogens is 925 g/mol. The lowest BCUT2D eigenvalue weighted by molar-refractivity contribution is -0.167. The highest BCUT2D eigenvalue weighted by atomic mass is 16.6. The predicted molar refractivity (Wildman–Crippen MR) is 325 cm³/mol. The zero-order chi connectivity index (χ0) is 54.3. The molecule has 0 aliphatic heterocycles. The standard InChI is InChI=1S/C69H120O6/c1-4-7-10-13-16-19-21-23-25-26-27-28-29-30-31-32-33-34-35-36-37-38-39-40-41-42-44-45-47-50-53-56-59-62-68(71)74-65-66(64-73-67(70)61-58-55-52-49-18-15-12-9-6-3)75-69(72)63-60-57-54-51-48-46-43-24-22-20-17-14-11-8-5-2/h7,10,16,19,23,25,27-28,30-31,33-34,36-37,66H,4-6,8-9,11-15,17-18,20-22,24,26,29,32,35,38-65H2,1-3H3/b10-7-,19-16-,25-23-,28-27-,31-30-,34-33-,37-36-. The Labute approximate surface area is 465 Å². The van der Waals surface area contributed by atoms with Crippen LogP contribution in [0.2, 0.25) is 0 Å². The molecule has 0 aliphatic rings. The van der Waals surface area contributed by atoms with Crippen molar-refractivity contribution in [2.45, 2.75) is 322 Å². The molecule has 75 heavy (non-hydrogen) atoms. The molecular formula is C69H120O6. The number of hydrogen-bond donors (Lipinski definition) is 0. The second-order valence-electron chi connectivity index (χ2n) is 21.3. The zero-order valence-electron chi connectivity index (χ0n) is 49.6. The number of rotatable bonds is 58. The first kappa shape index (κ1) is 71.6. The van der Waals surface area contributed by atoms with E-state index in [-0.39, 0.29) is 31.1 Å². The van der Waals surface area contributed by atoms with Gasteiger partial charge in [-0.25, -0.2) is 0 Å². The van der Waals surface area contributed by atoms with Crippen LogP contribution < -0.4 is 0 Å². The highest BCUT2D eigenvalue weighted by molar-refractivity contribution is 5.71. The average Bonchev–Trinajstić information content (AvgIpc) is 3.41. The molecule has 1 atom stereocenters. The topological polar surface area (TPSA) is 78.9 Å². The van der Waals surface area contributed by atoms with E-state index < -0.39 is 6.10 Å². The molecule has 0 heterocycles. The maximum absolute atomic E-state index is 12.8. The fourth-order valence-corrected chi connectivity index (χ4v) is 9.13. The Bertz CT molecular complexity index is 1430. The van der Waals surface area contributed by atoms with Gasteiger partial charge in [0.15, 0.2) is 6.10 Å². The van der Waals surface area contributed by atoms with E-state index in [2.05, 4.69) is 106 Å². The Hall–Kier alpha value is -3.41. The van der Waals surface area contributed by atoms with Gasteiger partial charge in [0.1, 0.15) is 13.2 Å². The summed E-state index contributed by atoms with van der Waals surface area (Å²) < 4.78 is 16.9. The van der Waals surface area contributed by atoms with Crippen molar-refractivity contribution in [3.05, 3.63) is 85.1 Å². The van der Waals surface area contributed by atoms with E-state index in [1.165, 1.54) is 173 Å². The minimum Gasteiger partial charge on any atom is -0.462 e. The first-order chi connectivity index (χ1) is 37.0. The molecule has 0 aromatic rings. The van der Waals surface area contributed by atoms with Gasteiger partial charge in [-0.1, -0.05) is 305 Å². The first-order valence-electron chi connectivity index (χ1n) is 32.1. The van der Waals surface area contributed by atoms with Crippen LogP contribution in [0.1, 0.15) is 316 Å². The molecule has 0 amide bonds. The molecule has 0 spiro atoms. The highest BCUT2D eigenvalue weighted by Gasteiger charge is 2.19. The summed E-state index contributed by atoms with van der Waals surface area (Å²) in [5.41, 5.74) is 0. The lowest BCUT2D eigenvalue weighted by atomic mass is 10.0. The third-order valence-electron chi connectivity index (χ3n) is 13.9. The van der Waals surface area contributed by atoms with Gasteiger partial charge in [0.25, 0.3) is 0 Å². The Morgan fingerprint density at radius 2 is 0.520 bits per heavy atom. The second kappa shape index (κ2) is 63.1. The molecule has 1 unspecified atom stereocenters. The van der Waals surface area contributed by atoms with E-state index in [0.717, 1.165) is 103 Å². The largest absolute Gasteiger partial charge is 0.462 e. The summed E-state index contributed by atoms with van der Waals surface area (Å²) in [5, 5.41) is 0. The van der Waals surface area contributed by atoms with E-state index in [4.69, 9.17) is 14.2 Å². The quantitative estimate of drug-likeness (QED) is 0.0261. The molecule has 0 bridgehead atoms. The number of carbonyl (C=O) groups is 3. The van der Waals surface area contributed by atoms with Crippen LogP contribution in [0.5, 0.6) is 0 Å². The molecule has 0 aromatic heterocycles. The monoisotopic (exact) mass is 1040 g/mol. The summed E-state index contributed by atoms with van der Waals surface area (Å²) >= 11 is 0. The van der Waals surface area contributed by atoms with Gasteiger partial charge in [-0.05, 0) is 77.0 Å². The molecule has 432 valence electrons. The average molecular weight is 1050 g/mol. The minimum atomic E-state index is -0.772. The lowest BCUT2D eigenvalue weighted by Crippen LogP contribution is -2.30. The van der Waals surface area contributed by atoms with Crippen LogP contribution in [0.25, 0.3) is 0 Å². The van der Waals surface area contributed by atoms with Gasteiger partial charge in [0.05, 0.1) is 0 Å². The number of ether oxygens (including phenoxy) is 3. The van der Waals surface area contributed by atoms with E-state index in [1.807, 2.05) is 0 Å². The summed E-state index contributed by atoms with van der Waals surface area (Å²) in [6.07, 6.45) is 83.2. The van der Waals surface area contributed by atoms with Crippen LogP contribution in [-0.4, -0.2) is 37.2 Å². The number of unbranched alkanes of at least 4 members (excludes halogenated alkanes) is 33. The Morgan fingerprint density at radius 1 is 0.280 bits per heavy atom. The van der Waals surface area contributed by atoms with Crippen LogP contribution in [0, 0.1) is 0 Å². The SMILES string of the molecule is CC/C=C\C/C=C\C/C=C\C/C=C\C/C=C\C/C=C\C/C=C\CCCCCCCCCCCCCC(=O)OCC(COC(=O)CCCCCCCCCCC)OC(=O)CCCCCCCCCCCCCCCCC. The first-order valence-corrected chi connectivity index (χ1v) is 32.1. The fourth-order valence-electron chi connectivity index (χ4n) is 9.13. The Balaban J connectivity index is 4.12. The van der Waals surface area contributed by atoms with Gasteiger partial charge >= 0.3 is 17.9 Å². The van der Waals surface area contributed by atoms with Crippen molar-refractivity contribution < 1.29 is 28.6 Å². The molecule has 6 nitrogen and oxygen atoms in total. The third-order valence-corrected chi connectivity index (χ3v) is 13.9. The smallest absolute Gasteiger partial charge is 0.306 e. The van der Waals surface area contributed by atoms with Gasteiger partial charge in [0.2, 0.25) is 0 Å². The molecule has 0 fully saturated rings. The van der Waals surface area contributed by atoms with Crippen molar-refractivity contribution in [2.75, 3.05) is 13.2 Å². The van der Waals surface area contributed by atoms with Crippen LogP contribution in [0.4, 0.5) is 0 Å². The normalized spacial score (nSPS) is 12.6. The van der Waals surface area contributed by atoms with E-state index >= 15 is 0 Å². The van der Waals surface area contributed by atoms with E-state index in [1.54, 1.807) is 0 Å². The van der Waals surface area contributed by atoms with Crippen LogP contribution in [0.3, 0.4) is 0 Å². The van der Waals surface area contributed by atoms with Crippen molar-refractivity contribution in [1.29, 1.82) is 0 Å². The lowest BCUT2D eigenvalue weighted by Gasteiger charge is -2.18. The molecule has 6 heteroatoms. The number of hydrogen-bond acceptors (Lipinski definition) is 6. The molecule has 0 saturated heterocycles. The van der Waals surface area contributed by atoms with Crippen molar-refractivity contribution in [3.63, 3.8) is 0 Å². The summed E-state index contributed by atoms with van der Waals surface area (Å²) in [5.74, 6) is -0.864. The van der Waals surface area contributed by atoms with Crippen molar-refractivity contribution in [3.8, 4) is 0 Å². The van der Waals surface area contributed by atoms with Crippen LogP contribution in [0.15, 0.2) is 85.1 Å². The molecule has 0 aliphatic carbocycles. The molecule has 0 saturated carbocycles. The van der Waals surface area contributed by atoms with Gasteiger partial charge in [0, 0.05) is 19.3 Å². The predicted octanol–water partition coefficient (Wildman–Crippen LogP) is 21.9. The number of allylic oxidation sites excluding steroid dienone is 14. The van der Waals surface area contributed by atoms with Gasteiger partial charge in [-0.3, -0.25) is 14.4 Å². The fraction of sp³-hybridized carbons (Fsp3) is 0.754. The summed E-state index contributed by atoms with van der Waals surface area (Å²) in [4.78, 5) is 38.1. The highest BCUT2D eigenvalue weighted by Crippen LogP contribution is 2.17. The molecule has 0 radical (unpaired) electrons. The maximum Gasteiger partial charge on any atom is 0.306 e. The van der Waals surface area contributed by atoms with Crippen molar-refractivity contribution in [1.82, 2.24) is 0 Å². The Morgan fingerprint density at radius 3 is 0.813 bits per heavy atom. The van der Waals surface area contributed by atoms with E-state index in [9.17, 15) is 14.4 Å². The number of carbonyl (C=O) groups excluding carboxylic acids is 3.